The highest BCUT2D eigenvalue weighted by molar-refractivity contribution is 5.50. The van der Waals surface area contributed by atoms with Crippen LogP contribution in [0.25, 0.3) is 0 Å². The van der Waals surface area contributed by atoms with Crippen LogP contribution in [0.2, 0.25) is 0 Å². The maximum atomic E-state index is 10.0. The maximum absolute atomic E-state index is 10.0. The predicted molar refractivity (Wildman–Crippen MR) is 48.3 cm³/mol. The summed E-state index contributed by atoms with van der Waals surface area (Å²) in [6.07, 6.45) is 0.729. The summed E-state index contributed by atoms with van der Waals surface area (Å²) in [5.74, 6) is 1.49. The van der Waals surface area contributed by atoms with Crippen LogP contribution < -0.4 is 9.47 Å². The quantitative estimate of drug-likeness (QED) is 0.532. The van der Waals surface area contributed by atoms with E-state index >= 15 is 0 Å². The molecule has 14 heavy (non-hydrogen) atoms. The van der Waals surface area contributed by atoms with Gasteiger partial charge in [0.15, 0.2) is 11.5 Å². The molecular formula is C10H10O4. The minimum Gasteiger partial charge on any atom is -0.454 e. The first-order valence-corrected chi connectivity index (χ1v) is 4.30. The zero-order valence-electron chi connectivity index (χ0n) is 7.56. The van der Waals surface area contributed by atoms with Crippen molar-refractivity contribution in [2.75, 3.05) is 13.4 Å². The Hall–Kier alpha value is -1.55. The summed E-state index contributed by atoms with van der Waals surface area (Å²) in [7, 11) is 0. The highest BCUT2D eigenvalue weighted by Gasteiger charge is 2.12. The minimum atomic E-state index is 0.119. The normalized spacial score (nSPS) is 12.9. The molecule has 0 N–H and O–H groups in total. The van der Waals surface area contributed by atoms with Gasteiger partial charge >= 0.3 is 0 Å². The number of fused-ring (bicyclic) bond motifs is 1. The van der Waals surface area contributed by atoms with E-state index in [9.17, 15) is 4.79 Å². The van der Waals surface area contributed by atoms with Crippen LogP contribution in [0, 0.1) is 0 Å². The number of ether oxygens (including phenoxy) is 3. The van der Waals surface area contributed by atoms with Gasteiger partial charge in [0.2, 0.25) is 6.79 Å². The van der Waals surface area contributed by atoms with Crippen molar-refractivity contribution in [3.63, 3.8) is 0 Å². The SMILES string of the molecule is O=CCOCc1ccc2c(c1)OCO2. The summed E-state index contributed by atoms with van der Waals surface area (Å²) < 4.78 is 15.4. The first-order chi connectivity index (χ1) is 6.90. The second-order valence-corrected chi connectivity index (χ2v) is 2.87. The van der Waals surface area contributed by atoms with E-state index in [0.29, 0.717) is 6.61 Å². The van der Waals surface area contributed by atoms with E-state index in [1.807, 2.05) is 18.2 Å². The molecule has 1 heterocycles. The molecule has 2 rings (SSSR count). The summed E-state index contributed by atoms with van der Waals surface area (Å²) in [5, 5.41) is 0. The lowest BCUT2D eigenvalue weighted by molar-refractivity contribution is -0.112. The van der Waals surface area contributed by atoms with Gasteiger partial charge < -0.3 is 19.0 Å². The molecule has 0 radical (unpaired) electrons. The third-order valence-electron chi connectivity index (χ3n) is 1.89. The largest absolute Gasteiger partial charge is 0.454 e. The molecule has 0 unspecified atom stereocenters. The van der Waals surface area contributed by atoms with Crippen molar-refractivity contribution in [1.29, 1.82) is 0 Å². The van der Waals surface area contributed by atoms with Gasteiger partial charge in [-0.15, -0.1) is 0 Å². The average Bonchev–Trinajstić information content (AvgIpc) is 2.65. The fourth-order valence-corrected chi connectivity index (χ4v) is 1.26. The van der Waals surface area contributed by atoms with Crippen LogP contribution in [-0.2, 0) is 16.1 Å². The lowest BCUT2D eigenvalue weighted by Crippen LogP contribution is -1.95. The van der Waals surface area contributed by atoms with Crippen LogP contribution >= 0.6 is 0 Å². The average molecular weight is 194 g/mol. The van der Waals surface area contributed by atoms with Gasteiger partial charge in [0.1, 0.15) is 12.9 Å². The fraction of sp³-hybridized carbons (Fsp3) is 0.300. The first kappa shape index (κ1) is 9.02. The number of hydrogen-bond acceptors (Lipinski definition) is 4. The Kier molecular flexibility index (Phi) is 2.65. The van der Waals surface area contributed by atoms with Crippen molar-refractivity contribution >= 4 is 6.29 Å². The molecule has 0 spiro atoms. The Labute approximate surface area is 81.4 Å². The number of hydrogen-bond donors (Lipinski definition) is 0. The first-order valence-electron chi connectivity index (χ1n) is 4.30. The topological polar surface area (TPSA) is 44.8 Å². The Morgan fingerprint density at radius 1 is 1.36 bits per heavy atom. The molecule has 0 saturated heterocycles. The summed E-state index contributed by atoms with van der Waals surface area (Å²) in [6.45, 7) is 0.803. The van der Waals surface area contributed by atoms with E-state index in [1.165, 1.54) is 0 Å². The molecule has 74 valence electrons. The van der Waals surface area contributed by atoms with E-state index in [4.69, 9.17) is 14.2 Å². The van der Waals surface area contributed by atoms with Crippen LogP contribution in [0.1, 0.15) is 5.56 Å². The molecule has 4 heteroatoms. The van der Waals surface area contributed by atoms with Gasteiger partial charge in [0.25, 0.3) is 0 Å². The Morgan fingerprint density at radius 2 is 2.21 bits per heavy atom. The van der Waals surface area contributed by atoms with E-state index in [0.717, 1.165) is 23.3 Å². The van der Waals surface area contributed by atoms with Gasteiger partial charge in [-0.2, -0.15) is 0 Å². The van der Waals surface area contributed by atoms with Crippen molar-refractivity contribution in [3.05, 3.63) is 23.8 Å². The number of carbonyl (C=O) groups is 1. The standard InChI is InChI=1S/C10H10O4/c11-3-4-12-6-8-1-2-9-10(5-8)14-7-13-9/h1-3,5H,4,6-7H2. The van der Waals surface area contributed by atoms with E-state index < -0.39 is 0 Å². The van der Waals surface area contributed by atoms with Gasteiger partial charge in [-0.3, -0.25) is 0 Å². The lowest BCUT2D eigenvalue weighted by Gasteiger charge is -2.02. The van der Waals surface area contributed by atoms with Gasteiger partial charge in [-0.1, -0.05) is 6.07 Å². The molecule has 0 aromatic heterocycles. The summed E-state index contributed by atoms with van der Waals surface area (Å²) >= 11 is 0. The fourth-order valence-electron chi connectivity index (χ4n) is 1.26. The molecule has 4 nitrogen and oxygen atoms in total. The highest BCUT2D eigenvalue weighted by Crippen LogP contribution is 2.32. The Morgan fingerprint density at radius 3 is 3.07 bits per heavy atom. The molecular weight excluding hydrogens is 184 g/mol. The molecule has 0 bridgehead atoms. The van der Waals surface area contributed by atoms with E-state index in [-0.39, 0.29) is 13.4 Å². The molecule has 1 aliphatic rings. The maximum Gasteiger partial charge on any atom is 0.231 e. The molecule has 0 aliphatic carbocycles. The van der Waals surface area contributed by atoms with E-state index in [1.54, 1.807) is 0 Å². The molecule has 0 amide bonds. The van der Waals surface area contributed by atoms with Crippen molar-refractivity contribution in [2.24, 2.45) is 0 Å². The lowest BCUT2D eigenvalue weighted by atomic mass is 10.2. The number of rotatable bonds is 4. The van der Waals surface area contributed by atoms with Gasteiger partial charge in [-0.05, 0) is 17.7 Å². The summed E-state index contributed by atoms with van der Waals surface area (Å²) in [4.78, 5) is 10.0. The Balaban J connectivity index is 2.01. The van der Waals surface area contributed by atoms with Crippen LogP contribution in [0.3, 0.4) is 0 Å². The second kappa shape index (κ2) is 4.11. The monoisotopic (exact) mass is 194 g/mol. The number of carbonyl (C=O) groups excluding carboxylic acids is 1. The number of aldehydes is 1. The summed E-state index contributed by atoms with van der Waals surface area (Å²) in [6, 6.07) is 5.58. The Bertz CT molecular complexity index is 335. The third kappa shape index (κ3) is 1.85. The third-order valence-corrected chi connectivity index (χ3v) is 1.89. The zero-order valence-corrected chi connectivity index (χ0v) is 7.56. The van der Waals surface area contributed by atoms with Crippen LogP contribution in [0.4, 0.5) is 0 Å². The van der Waals surface area contributed by atoms with Crippen LogP contribution in [0.5, 0.6) is 11.5 Å². The van der Waals surface area contributed by atoms with E-state index in [2.05, 4.69) is 0 Å². The van der Waals surface area contributed by atoms with Crippen molar-refractivity contribution in [1.82, 2.24) is 0 Å². The second-order valence-electron chi connectivity index (χ2n) is 2.87. The molecule has 0 saturated carbocycles. The molecule has 0 atom stereocenters. The molecule has 1 aromatic rings. The predicted octanol–water partition coefficient (Wildman–Crippen LogP) is 1.13. The number of benzene rings is 1. The molecule has 1 aromatic carbocycles. The van der Waals surface area contributed by atoms with Gasteiger partial charge in [-0.25, -0.2) is 0 Å². The van der Waals surface area contributed by atoms with Crippen molar-refractivity contribution in [2.45, 2.75) is 6.61 Å². The minimum absolute atomic E-state index is 0.119. The van der Waals surface area contributed by atoms with Gasteiger partial charge in [0.05, 0.1) is 6.61 Å². The molecule has 0 fully saturated rings. The van der Waals surface area contributed by atoms with Gasteiger partial charge in [0, 0.05) is 0 Å². The molecule has 1 aliphatic heterocycles. The van der Waals surface area contributed by atoms with Crippen molar-refractivity contribution < 1.29 is 19.0 Å². The summed E-state index contributed by atoms with van der Waals surface area (Å²) in [5.41, 5.74) is 0.969. The van der Waals surface area contributed by atoms with Crippen LogP contribution in [-0.4, -0.2) is 19.7 Å². The zero-order chi connectivity index (χ0) is 9.80. The van der Waals surface area contributed by atoms with Crippen molar-refractivity contribution in [3.8, 4) is 11.5 Å². The smallest absolute Gasteiger partial charge is 0.231 e. The highest BCUT2D eigenvalue weighted by atomic mass is 16.7. The van der Waals surface area contributed by atoms with Crippen LogP contribution in [0.15, 0.2) is 18.2 Å².